The first-order chi connectivity index (χ1) is 7.93. The number of hydrogen-bond acceptors (Lipinski definition) is 4. The first kappa shape index (κ1) is 13.7. The summed E-state index contributed by atoms with van der Waals surface area (Å²) in [7, 11) is 0.798. The van der Waals surface area contributed by atoms with Gasteiger partial charge < -0.3 is 11.1 Å². The van der Waals surface area contributed by atoms with Crippen molar-refractivity contribution in [1.29, 1.82) is 0 Å². The molecular weight excluding hydrogens is 240 g/mol. The minimum absolute atomic E-state index is 0.0687. The molecule has 17 heavy (non-hydrogen) atoms. The molecule has 2 atom stereocenters. The molecule has 2 unspecified atom stereocenters. The highest BCUT2D eigenvalue weighted by Gasteiger charge is 2.14. The third-order valence-corrected chi connectivity index (χ3v) is 3.95. The monoisotopic (exact) mass is 258 g/mol. The average Bonchev–Trinajstić information content (AvgIpc) is 2.58. The van der Waals surface area contributed by atoms with E-state index >= 15 is 0 Å². The molecule has 0 aliphatic rings. The molecule has 0 radical (unpaired) electrons. The van der Waals surface area contributed by atoms with E-state index in [9.17, 15) is 9.00 Å². The van der Waals surface area contributed by atoms with Crippen molar-refractivity contribution in [3.63, 3.8) is 0 Å². The summed E-state index contributed by atoms with van der Waals surface area (Å²) in [4.78, 5) is 11.8. The molecule has 0 aliphatic carbocycles. The van der Waals surface area contributed by atoms with E-state index in [1.165, 1.54) is 10.9 Å². The van der Waals surface area contributed by atoms with E-state index in [0.717, 1.165) is 0 Å². The minimum Gasteiger partial charge on any atom is -0.396 e. The van der Waals surface area contributed by atoms with E-state index in [1.807, 2.05) is 6.92 Å². The van der Waals surface area contributed by atoms with Crippen LogP contribution in [0, 0.1) is 0 Å². The predicted molar refractivity (Wildman–Crippen MR) is 68.1 cm³/mol. The summed E-state index contributed by atoms with van der Waals surface area (Å²) in [5.74, 6) is -0.253. The Labute approximate surface area is 103 Å². The SMILES string of the molecule is CC(CCNC(=O)c1c(N)cnn1C)S(C)=O. The molecule has 0 spiro atoms. The molecule has 7 heteroatoms. The second-order valence-corrected chi connectivity index (χ2v) is 5.73. The summed E-state index contributed by atoms with van der Waals surface area (Å²) < 4.78 is 12.6. The van der Waals surface area contributed by atoms with Gasteiger partial charge in [-0.3, -0.25) is 13.7 Å². The lowest BCUT2D eigenvalue weighted by atomic mass is 10.3. The fraction of sp³-hybridized carbons (Fsp3) is 0.600. The molecule has 3 N–H and O–H groups in total. The first-order valence-electron chi connectivity index (χ1n) is 5.31. The highest BCUT2D eigenvalue weighted by atomic mass is 32.2. The van der Waals surface area contributed by atoms with Crippen LogP contribution < -0.4 is 11.1 Å². The predicted octanol–water partition coefficient (Wildman–Crippen LogP) is -0.111. The quantitative estimate of drug-likeness (QED) is 0.771. The second-order valence-electron chi connectivity index (χ2n) is 3.93. The van der Waals surface area contributed by atoms with Crippen LogP contribution in [0.2, 0.25) is 0 Å². The number of rotatable bonds is 5. The molecule has 0 saturated heterocycles. The van der Waals surface area contributed by atoms with Crippen LogP contribution >= 0.6 is 0 Å². The molecule has 96 valence electrons. The van der Waals surface area contributed by atoms with Gasteiger partial charge in [0.1, 0.15) is 5.69 Å². The number of aryl methyl sites for hydroxylation is 1. The third kappa shape index (κ3) is 3.55. The summed E-state index contributed by atoms with van der Waals surface area (Å²) in [6.07, 6.45) is 3.77. The number of carbonyl (C=O) groups excluding carboxylic acids is 1. The van der Waals surface area contributed by atoms with E-state index in [1.54, 1.807) is 13.3 Å². The molecular formula is C10H18N4O2S. The summed E-state index contributed by atoms with van der Waals surface area (Å²) in [6.45, 7) is 2.37. The number of anilines is 1. The maximum Gasteiger partial charge on any atom is 0.271 e. The van der Waals surface area contributed by atoms with Gasteiger partial charge in [0.05, 0.1) is 11.9 Å². The van der Waals surface area contributed by atoms with Gasteiger partial charge in [-0.15, -0.1) is 0 Å². The number of carbonyl (C=O) groups is 1. The topological polar surface area (TPSA) is 90.0 Å². The van der Waals surface area contributed by atoms with E-state index in [-0.39, 0.29) is 11.2 Å². The normalized spacial score (nSPS) is 14.3. The van der Waals surface area contributed by atoms with Crippen molar-refractivity contribution in [2.75, 3.05) is 18.5 Å². The number of nitrogen functional groups attached to an aromatic ring is 1. The molecule has 0 fully saturated rings. The van der Waals surface area contributed by atoms with Gasteiger partial charge in [-0.05, 0) is 6.42 Å². The molecule has 1 rings (SSSR count). The van der Waals surface area contributed by atoms with Crippen molar-refractivity contribution in [2.45, 2.75) is 18.6 Å². The molecule has 0 saturated carbocycles. The Morgan fingerprint density at radius 2 is 2.35 bits per heavy atom. The third-order valence-electron chi connectivity index (χ3n) is 2.59. The zero-order valence-corrected chi connectivity index (χ0v) is 11.1. The molecule has 1 aromatic rings. The summed E-state index contributed by atoms with van der Waals surface area (Å²) >= 11 is 0. The van der Waals surface area contributed by atoms with Gasteiger partial charge in [0.25, 0.3) is 5.91 Å². The Hall–Kier alpha value is -1.37. The van der Waals surface area contributed by atoms with Crippen LogP contribution in [0.5, 0.6) is 0 Å². The van der Waals surface area contributed by atoms with Crippen molar-refractivity contribution < 1.29 is 9.00 Å². The molecule has 0 aliphatic heterocycles. The smallest absolute Gasteiger partial charge is 0.271 e. The van der Waals surface area contributed by atoms with Gasteiger partial charge in [0, 0.05) is 35.9 Å². The lowest BCUT2D eigenvalue weighted by Crippen LogP contribution is -2.29. The Morgan fingerprint density at radius 3 is 2.82 bits per heavy atom. The van der Waals surface area contributed by atoms with Crippen molar-refractivity contribution in [1.82, 2.24) is 15.1 Å². The summed E-state index contributed by atoms with van der Waals surface area (Å²) in [5, 5.41) is 6.70. The van der Waals surface area contributed by atoms with Crippen molar-refractivity contribution in [3.8, 4) is 0 Å². The largest absolute Gasteiger partial charge is 0.396 e. The maximum absolute atomic E-state index is 11.8. The van der Waals surface area contributed by atoms with Crippen LogP contribution in [0.3, 0.4) is 0 Å². The second kappa shape index (κ2) is 5.81. The number of nitrogens with zero attached hydrogens (tertiary/aromatic N) is 2. The van der Waals surface area contributed by atoms with Gasteiger partial charge in [-0.1, -0.05) is 6.92 Å². The number of hydrogen-bond donors (Lipinski definition) is 2. The molecule has 1 heterocycles. The number of aromatic nitrogens is 2. The zero-order chi connectivity index (χ0) is 13.0. The van der Waals surface area contributed by atoms with Crippen molar-refractivity contribution in [3.05, 3.63) is 11.9 Å². The zero-order valence-electron chi connectivity index (χ0n) is 10.3. The van der Waals surface area contributed by atoms with Gasteiger partial charge in [0.15, 0.2) is 0 Å². The van der Waals surface area contributed by atoms with Gasteiger partial charge in [-0.2, -0.15) is 5.10 Å². The standard InChI is InChI=1S/C10H18N4O2S/c1-7(17(3)16)4-5-12-10(15)9-8(11)6-13-14(9)2/h6-7H,4-5,11H2,1-3H3,(H,12,15). The highest BCUT2D eigenvalue weighted by molar-refractivity contribution is 7.84. The van der Waals surface area contributed by atoms with Crippen LogP contribution in [0.4, 0.5) is 5.69 Å². The molecule has 0 aromatic carbocycles. The van der Waals surface area contributed by atoms with Crippen LogP contribution in [-0.2, 0) is 17.8 Å². The van der Waals surface area contributed by atoms with E-state index in [2.05, 4.69) is 10.4 Å². The van der Waals surface area contributed by atoms with E-state index in [4.69, 9.17) is 5.73 Å². The fourth-order valence-electron chi connectivity index (χ4n) is 1.37. The van der Waals surface area contributed by atoms with Crippen molar-refractivity contribution >= 4 is 22.4 Å². The Balaban J connectivity index is 2.49. The van der Waals surface area contributed by atoms with E-state index in [0.29, 0.717) is 24.3 Å². The molecule has 6 nitrogen and oxygen atoms in total. The Kier molecular flexibility index (Phi) is 4.68. The maximum atomic E-state index is 11.8. The highest BCUT2D eigenvalue weighted by Crippen LogP contribution is 2.08. The summed E-state index contributed by atoms with van der Waals surface area (Å²) in [5.41, 5.74) is 6.34. The molecule has 1 aromatic heterocycles. The van der Waals surface area contributed by atoms with Crippen LogP contribution in [0.1, 0.15) is 23.8 Å². The van der Waals surface area contributed by atoms with Crippen LogP contribution in [0.25, 0.3) is 0 Å². The molecule has 1 amide bonds. The van der Waals surface area contributed by atoms with Gasteiger partial charge in [0.2, 0.25) is 0 Å². The minimum atomic E-state index is -0.864. The Morgan fingerprint density at radius 1 is 1.71 bits per heavy atom. The van der Waals surface area contributed by atoms with Gasteiger partial charge in [-0.25, -0.2) is 0 Å². The lowest BCUT2D eigenvalue weighted by molar-refractivity contribution is 0.0945. The van der Waals surface area contributed by atoms with Crippen LogP contribution in [0.15, 0.2) is 6.20 Å². The number of amides is 1. The average molecular weight is 258 g/mol. The number of nitrogens with two attached hydrogens (primary N) is 1. The van der Waals surface area contributed by atoms with Gasteiger partial charge >= 0.3 is 0 Å². The van der Waals surface area contributed by atoms with Crippen LogP contribution in [-0.4, -0.2) is 37.9 Å². The van der Waals surface area contributed by atoms with E-state index < -0.39 is 10.8 Å². The Bertz CT molecular complexity index is 410. The molecule has 0 bridgehead atoms. The van der Waals surface area contributed by atoms with Crippen molar-refractivity contribution in [2.24, 2.45) is 7.05 Å². The lowest BCUT2D eigenvalue weighted by Gasteiger charge is -2.09. The fourth-order valence-corrected chi connectivity index (χ4v) is 1.82. The first-order valence-corrected chi connectivity index (χ1v) is 6.93. The summed E-state index contributed by atoms with van der Waals surface area (Å²) in [6, 6.07) is 0. The number of nitrogens with one attached hydrogen (secondary N) is 1.